The van der Waals surface area contributed by atoms with Crippen LogP contribution in [0.4, 0.5) is 0 Å². The van der Waals surface area contributed by atoms with Crippen molar-refractivity contribution < 1.29 is 9.84 Å². The second-order valence-corrected chi connectivity index (χ2v) is 10.2. The van der Waals surface area contributed by atoms with Crippen LogP contribution in [0, 0.1) is 34.5 Å². The van der Waals surface area contributed by atoms with Gasteiger partial charge in [-0.3, -0.25) is 0 Å². The maximum atomic E-state index is 10.6. The van der Waals surface area contributed by atoms with E-state index in [-0.39, 0.29) is 23.7 Å². The van der Waals surface area contributed by atoms with Crippen molar-refractivity contribution in [2.75, 3.05) is 6.61 Å². The van der Waals surface area contributed by atoms with E-state index in [0.717, 1.165) is 31.1 Å². The fourth-order valence-electron chi connectivity index (χ4n) is 8.22. The molecule has 0 aromatic heterocycles. The molecule has 4 aliphatic carbocycles. The molecule has 0 amide bonds. The van der Waals surface area contributed by atoms with Gasteiger partial charge in [0.05, 0.1) is 12.2 Å². The minimum Gasteiger partial charge on any atom is -0.390 e. The number of allylic oxidation sites excluding steroid dienone is 2. The van der Waals surface area contributed by atoms with Crippen molar-refractivity contribution in [2.24, 2.45) is 40.2 Å². The number of hydrogen-bond acceptors (Lipinski definition) is 3. The summed E-state index contributed by atoms with van der Waals surface area (Å²) in [5, 5.41) is 10.6. The Morgan fingerprint density at radius 2 is 2.00 bits per heavy atom. The molecular formula is C23H39NO2. The maximum Gasteiger partial charge on any atom is 0.0839 e. The summed E-state index contributed by atoms with van der Waals surface area (Å²) in [5.74, 6) is 2.74. The smallest absolute Gasteiger partial charge is 0.0839 e. The Kier molecular flexibility index (Phi) is 4.81. The van der Waals surface area contributed by atoms with Crippen molar-refractivity contribution in [1.82, 2.24) is 0 Å². The van der Waals surface area contributed by atoms with Gasteiger partial charge in [0.2, 0.25) is 0 Å². The van der Waals surface area contributed by atoms with Crippen LogP contribution >= 0.6 is 0 Å². The van der Waals surface area contributed by atoms with E-state index < -0.39 is 0 Å². The summed E-state index contributed by atoms with van der Waals surface area (Å²) >= 11 is 0. The number of rotatable bonds is 2. The fourth-order valence-corrected chi connectivity index (χ4v) is 8.22. The van der Waals surface area contributed by atoms with Gasteiger partial charge in [0.15, 0.2) is 0 Å². The van der Waals surface area contributed by atoms with E-state index in [9.17, 15) is 5.11 Å². The second kappa shape index (κ2) is 6.60. The summed E-state index contributed by atoms with van der Waals surface area (Å²) < 4.78 is 5.97. The van der Waals surface area contributed by atoms with Crippen LogP contribution in [0.15, 0.2) is 11.6 Å². The molecule has 3 heteroatoms. The van der Waals surface area contributed by atoms with Crippen molar-refractivity contribution in [3.63, 3.8) is 0 Å². The molecule has 3 N–H and O–H groups in total. The molecule has 0 aromatic carbocycles. The number of hydrogen-bond donors (Lipinski definition) is 2. The zero-order valence-electron chi connectivity index (χ0n) is 17.2. The average molecular weight is 362 g/mol. The molecule has 0 radical (unpaired) electrons. The number of ether oxygens (including phenoxy) is 1. The summed E-state index contributed by atoms with van der Waals surface area (Å²) in [6.45, 7) is 9.93. The van der Waals surface area contributed by atoms with Crippen LogP contribution in [0.3, 0.4) is 0 Å². The van der Waals surface area contributed by atoms with E-state index in [2.05, 4.69) is 26.8 Å². The molecular weight excluding hydrogens is 322 g/mol. The molecule has 3 nitrogen and oxygen atoms in total. The average Bonchev–Trinajstić information content (AvgIpc) is 2.91. The third-order valence-electron chi connectivity index (χ3n) is 9.24. The van der Waals surface area contributed by atoms with Gasteiger partial charge in [-0.1, -0.05) is 25.5 Å². The standard InChI is InChI=1S/C23H39NO2/c1-5-14-8-10-17-16-9-7-15-11-19(25)20(26-6-2)13-23(15,4)21(16)18(24)12-22(14,17)3/h5,15-21,25H,6-13,24H2,1-4H3/b14-5-/t15-,16-,17-,18+,19-,20-,21+,22+,23-/m0/s1. The molecule has 0 saturated heterocycles. The highest BCUT2D eigenvalue weighted by molar-refractivity contribution is 5.25. The Morgan fingerprint density at radius 3 is 2.69 bits per heavy atom. The third-order valence-corrected chi connectivity index (χ3v) is 9.24. The quantitative estimate of drug-likeness (QED) is 0.722. The zero-order chi connectivity index (χ0) is 18.7. The lowest BCUT2D eigenvalue weighted by Crippen LogP contribution is -2.62. The van der Waals surface area contributed by atoms with Crippen molar-refractivity contribution in [3.8, 4) is 0 Å². The molecule has 9 atom stereocenters. The Hall–Kier alpha value is -0.380. The van der Waals surface area contributed by atoms with Crippen LogP contribution in [0.2, 0.25) is 0 Å². The third kappa shape index (κ3) is 2.57. The molecule has 0 aromatic rings. The normalized spacial score (nSPS) is 55.3. The Balaban J connectivity index is 1.66. The molecule has 4 fully saturated rings. The van der Waals surface area contributed by atoms with Gasteiger partial charge in [0.1, 0.15) is 0 Å². The van der Waals surface area contributed by atoms with Gasteiger partial charge in [-0.25, -0.2) is 0 Å². The van der Waals surface area contributed by atoms with Gasteiger partial charge in [-0.15, -0.1) is 0 Å². The Bertz CT molecular complexity index is 575. The fraction of sp³-hybridized carbons (Fsp3) is 0.913. The number of aliphatic hydroxyl groups is 1. The molecule has 0 spiro atoms. The van der Waals surface area contributed by atoms with Gasteiger partial charge in [0.25, 0.3) is 0 Å². The lowest BCUT2D eigenvalue weighted by Gasteiger charge is -2.63. The molecule has 4 aliphatic rings. The highest BCUT2D eigenvalue weighted by Gasteiger charge is 2.62. The van der Waals surface area contributed by atoms with Crippen LogP contribution in [-0.2, 0) is 4.74 Å². The first-order valence-electron chi connectivity index (χ1n) is 11.1. The lowest BCUT2D eigenvalue weighted by atomic mass is 9.43. The van der Waals surface area contributed by atoms with E-state index in [4.69, 9.17) is 10.5 Å². The number of fused-ring (bicyclic) bond motifs is 5. The zero-order valence-corrected chi connectivity index (χ0v) is 17.2. The molecule has 0 aliphatic heterocycles. The van der Waals surface area contributed by atoms with Crippen LogP contribution in [0.1, 0.15) is 72.6 Å². The molecule has 4 saturated carbocycles. The number of aliphatic hydroxyl groups excluding tert-OH is 1. The minimum absolute atomic E-state index is 0.00446. The molecule has 148 valence electrons. The summed E-state index contributed by atoms with van der Waals surface area (Å²) in [6, 6.07) is 0.277. The van der Waals surface area contributed by atoms with E-state index in [1.54, 1.807) is 5.57 Å². The lowest BCUT2D eigenvalue weighted by molar-refractivity contribution is -0.171. The van der Waals surface area contributed by atoms with Gasteiger partial charge in [-0.2, -0.15) is 0 Å². The van der Waals surface area contributed by atoms with Crippen LogP contribution in [0.5, 0.6) is 0 Å². The summed E-state index contributed by atoms with van der Waals surface area (Å²) in [7, 11) is 0. The number of nitrogens with two attached hydrogens (primary N) is 1. The predicted octanol–water partition coefficient (Wildman–Crippen LogP) is 4.29. The van der Waals surface area contributed by atoms with Gasteiger partial charge in [0, 0.05) is 12.6 Å². The maximum absolute atomic E-state index is 10.6. The highest BCUT2D eigenvalue weighted by atomic mass is 16.5. The largest absolute Gasteiger partial charge is 0.390 e. The highest BCUT2D eigenvalue weighted by Crippen LogP contribution is 2.67. The second-order valence-electron chi connectivity index (χ2n) is 10.2. The summed E-state index contributed by atoms with van der Waals surface area (Å²) in [4.78, 5) is 0. The van der Waals surface area contributed by atoms with E-state index in [0.29, 0.717) is 23.9 Å². The predicted molar refractivity (Wildman–Crippen MR) is 106 cm³/mol. The molecule has 0 bridgehead atoms. The Morgan fingerprint density at radius 1 is 1.23 bits per heavy atom. The van der Waals surface area contributed by atoms with Crippen LogP contribution in [-0.4, -0.2) is 30.0 Å². The molecule has 0 unspecified atom stereocenters. The van der Waals surface area contributed by atoms with Crippen molar-refractivity contribution in [3.05, 3.63) is 11.6 Å². The first-order chi connectivity index (χ1) is 12.3. The van der Waals surface area contributed by atoms with Gasteiger partial charge in [-0.05, 0) is 93.3 Å². The van der Waals surface area contributed by atoms with Gasteiger partial charge < -0.3 is 15.6 Å². The van der Waals surface area contributed by atoms with Crippen molar-refractivity contribution in [1.29, 1.82) is 0 Å². The first kappa shape index (κ1) is 19.0. The monoisotopic (exact) mass is 361 g/mol. The Labute approximate surface area is 159 Å². The first-order valence-corrected chi connectivity index (χ1v) is 11.1. The molecule has 26 heavy (non-hydrogen) atoms. The van der Waals surface area contributed by atoms with E-state index >= 15 is 0 Å². The summed E-state index contributed by atoms with van der Waals surface area (Å²) in [5.41, 5.74) is 9.17. The molecule has 4 rings (SSSR count). The topological polar surface area (TPSA) is 55.5 Å². The van der Waals surface area contributed by atoms with Gasteiger partial charge >= 0.3 is 0 Å². The summed E-state index contributed by atoms with van der Waals surface area (Å²) in [6.07, 6.45) is 10.3. The van der Waals surface area contributed by atoms with E-state index in [1.807, 2.05) is 6.92 Å². The van der Waals surface area contributed by atoms with Crippen molar-refractivity contribution in [2.45, 2.75) is 90.9 Å². The molecule has 0 heterocycles. The SMILES string of the molecule is C/C=C1/CC[C@H]2[C@@H]3CC[C@H]4C[C@H](O)[C@@H](OCC)C[C@]4(C)[C@H]3[C@H](N)C[C@]12C. The van der Waals surface area contributed by atoms with Crippen LogP contribution in [0.25, 0.3) is 0 Å². The van der Waals surface area contributed by atoms with E-state index in [1.165, 1.54) is 25.7 Å². The van der Waals surface area contributed by atoms with Crippen LogP contribution < -0.4 is 5.73 Å². The minimum atomic E-state index is -0.296. The van der Waals surface area contributed by atoms with Crippen molar-refractivity contribution >= 4 is 0 Å².